The Morgan fingerprint density at radius 1 is 0.913 bits per heavy atom. The summed E-state index contributed by atoms with van der Waals surface area (Å²) < 4.78 is 63.8. The molecule has 2 aromatic carbocycles. The number of anilines is 1. The van der Waals surface area contributed by atoms with Crippen LogP contribution in [0.15, 0.2) is 41.3 Å². The lowest BCUT2D eigenvalue weighted by Crippen LogP contribution is -2.13. The third-order valence-corrected chi connectivity index (χ3v) is 4.58. The lowest BCUT2D eigenvalue weighted by atomic mass is 10.3. The molecule has 1 aliphatic rings. The van der Waals surface area contributed by atoms with Gasteiger partial charge in [-0.05, 0) is 24.3 Å². The zero-order valence-electron chi connectivity index (χ0n) is 11.9. The summed E-state index contributed by atoms with van der Waals surface area (Å²) in [6.45, 7) is 0.916. The molecule has 0 fully saturated rings. The van der Waals surface area contributed by atoms with Gasteiger partial charge in [-0.15, -0.1) is 0 Å². The summed E-state index contributed by atoms with van der Waals surface area (Å²) in [6.07, 6.45) is 0.698. The van der Waals surface area contributed by atoms with Crippen LogP contribution >= 0.6 is 0 Å². The van der Waals surface area contributed by atoms with Crippen molar-refractivity contribution in [2.75, 3.05) is 17.9 Å². The SMILES string of the molecule is O=S(=O)(Nc1ccc(F)c(F)c1)c1ccc2c(c1)OCCCO2. The maximum absolute atomic E-state index is 13.2. The molecule has 2 aromatic rings. The summed E-state index contributed by atoms with van der Waals surface area (Å²) in [5.41, 5.74) is -0.0731. The largest absolute Gasteiger partial charge is 0.490 e. The number of halogens is 2. The van der Waals surface area contributed by atoms with Crippen LogP contribution in [0.1, 0.15) is 6.42 Å². The van der Waals surface area contributed by atoms with Crippen LogP contribution in [-0.4, -0.2) is 21.6 Å². The van der Waals surface area contributed by atoms with Crippen LogP contribution < -0.4 is 14.2 Å². The highest BCUT2D eigenvalue weighted by molar-refractivity contribution is 7.92. The molecule has 0 unspecified atom stereocenters. The minimum absolute atomic E-state index is 0.0634. The molecule has 0 spiro atoms. The third kappa shape index (κ3) is 3.37. The molecule has 5 nitrogen and oxygen atoms in total. The number of rotatable bonds is 3. The number of benzene rings is 2. The fourth-order valence-electron chi connectivity index (χ4n) is 2.08. The molecule has 23 heavy (non-hydrogen) atoms. The molecule has 3 rings (SSSR count). The molecule has 0 amide bonds. The topological polar surface area (TPSA) is 64.6 Å². The van der Waals surface area contributed by atoms with E-state index in [1.807, 2.05) is 0 Å². The van der Waals surface area contributed by atoms with Crippen molar-refractivity contribution in [3.05, 3.63) is 48.0 Å². The number of hydrogen-bond acceptors (Lipinski definition) is 4. The number of hydrogen-bond donors (Lipinski definition) is 1. The first kappa shape index (κ1) is 15.5. The standard InChI is InChI=1S/C15H13F2NO4S/c16-12-4-2-10(8-13(12)17)18-23(19,20)11-3-5-14-15(9-11)22-7-1-6-21-14/h2-5,8-9,18H,1,6-7H2. The molecule has 122 valence electrons. The van der Waals surface area contributed by atoms with Crippen LogP contribution in [-0.2, 0) is 10.0 Å². The van der Waals surface area contributed by atoms with Crippen molar-refractivity contribution < 1.29 is 26.7 Å². The molecule has 0 aliphatic carbocycles. The van der Waals surface area contributed by atoms with E-state index in [4.69, 9.17) is 9.47 Å². The van der Waals surface area contributed by atoms with E-state index in [9.17, 15) is 17.2 Å². The Hall–Kier alpha value is -2.35. The first-order valence-corrected chi connectivity index (χ1v) is 8.31. The number of nitrogens with one attached hydrogen (secondary N) is 1. The highest BCUT2D eigenvalue weighted by Crippen LogP contribution is 2.32. The molecule has 0 aromatic heterocycles. The molecule has 0 bridgehead atoms. The smallest absolute Gasteiger partial charge is 0.262 e. The second-order valence-electron chi connectivity index (χ2n) is 4.89. The summed E-state index contributed by atoms with van der Waals surface area (Å²) >= 11 is 0. The Morgan fingerprint density at radius 3 is 2.39 bits per heavy atom. The molecule has 0 saturated heterocycles. The highest BCUT2D eigenvalue weighted by atomic mass is 32.2. The molecular formula is C15H13F2NO4S. The Morgan fingerprint density at radius 2 is 1.65 bits per heavy atom. The van der Waals surface area contributed by atoms with Gasteiger partial charge in [0.05, 0.1) is 23.8 Å². The van der Waals surface area contributed by atoms with E-state index >= 15 is 0 Å². The van der Waals surface area contributed by atoms with E-state index in [1.165, 1.54) is 18.2 Å². The summed E-state index contributed by atoms with van der Waals surface area (Å²) in [6, 6.07) is 6.95. The van der Waals surface area contributed by atoms with Crippen LogP contribution in [0.3, 0.4) is 0 Å². The van der Waals surface area contributed by atoms with Gasteiger partial charge in [-0.25, -0.2) is 17.2 Å². The summed E-state index contributed by atoms with van der Waals surface area (Å²) in [7, 11) is -3.96. The Labute approximate surface area is 131 Å². The predicted octanol–water partition coefficient (Wildman–Crippen LogP) is 2.93. The molecule has 1 heterocycles. The summed E-state index contributed by atoms with van der Waals surface area (Å²) in [5, 5.41) is 0. The molecule has 8 heteroatoms. The molecule has 0 saturated carbocycles. The lowest BCUT2D eigenvalue weighted by molar-refractivity contribution is 0.297. The molecule has 0 atom stereocenters. The van der Waals surface area contributed by atoms with Gasteiger partial charge < -0.3 is 9.47 Å². The van der Waals surface area contributed by atoms with E-state index in [1.54, 1.807) is 0 Å². The van der Waals surface area contributed by atoms with Crippen molar-refractivity contribution in [3.8, 4) is 11.5 Å². The van der Waals surface area contributed by atoms with Gasteiger partial charge in [0, 0.05) is 18.6 Å². The summed E-state index contributed by atoms with van der Waals surface area (Å²) in [4.78, 5) is -0.0634. The van der Waals surface area contributed by atoms with Crippen molar-refractivity contribution in [2.24, 2.45) is 0 Å². The number of sulfonamides is 1. The lowest BCUT2D eigenvalue weighted by Gasteiger charge is -2.11. The van der Waals surface area contributed by atoms with Gasteiger partial charge in [-0.3, -0.25) is 4.72 Å². The first-order chi connectivity index (χ1) is 11.0. The highest BCUT2D eigenvalue weighted by Gasteiger charge is 2.19. The average Bonchev–Trinajstić information content (AvgIpc) is 2.75. The van der Waals surface area contributed by atoms with Crippen molar-refractivity contribution in [1.82, 2.24) is 0 Å². The van der Waals surface area contributed by atoms with E-state index in [2.05, 4.69) is 4.72 Å². The maximum atomic E-state index is 13.2. The first-order valence-electron chi connectivity index (χ1n) is 6.83. The fraction of sp³-hybridized carbons (Fsp3) is 0.200. The van der Waals surface area contributed by atoms with Gasteiger partial charge in [0.15, 0.2) is 23.1 Å². The molecule has 0 radical (unpaired) electrons. The molecule has 1 aliphatic heterocycles. The quantitative estimate of drug-likeness (QED) is 0.932. The van der Waals surface area contributed by atoms with Crippen LogP contribution in [0.2, 0.25) is 0 Å². The van der Waals surface area contributed by atoms with Crippen LogP contribution in [0, 0.1) is 11.6 Å². The van der Waals surface area contributed by atoms with E-state index in [-0.39, 0.29) is 10.6 Å². The zero-order chi connectivity index (χ0) is 16.4. The molecule has 1 N–H and O–H groups in total. The van der Waals surface area contributed by atoms with Crippen LogP contribution in [0.4, 0.5) is 14.5 Å². The second-order valence-corrected chi connectivity index (χ2v) is 6.58. The summed E-state index contributed by atoms with van der Waals surface area (Å²) in [5.74, 6) is -1.39. The maximum Gasteiger partial charge on any atom is 0.262 e. The third-order valence-electron chi connectivity index (χ3n) is 3.20. The van der Waals surface area contributed by atoms with Crippen LogP contribution in [0.25, 0.3) is 0 Å². The van der Waals surface area contributed by atoms with Crippen molar-refractivity contribution in [1.29, 1.82) is 0 Å². The van der Waals surface area contributed by atoms with Crippen molar-refractivity contribution in [3.63, 3.8) is 0 Å². The van der Waals surface area contributed by atoms with Gasteiger partial charge in [0.2, 0.25) is 0 Å². The number of fused-ring (bicyclic) bond motifs is 1. The predicted molar refractivity (Wildman–Crippen MR) is 79.2 cm³/mol. The van der Waals surface area contributed by atoms with E-state index in [0.29, 0.717) is 31.1 Å². The van der Waals surface area contributed by atoms with E-state index in [0.717, 1.165) is 18.2 Å². The fourth-order valence-corrected chi connectivity index (χ4v) is 3.15. The van der Waals surface area contributed by atoms with Crippen molar-refractivity contribution in [2.45, 2.75) is 11.3 Å². The zero-order valence-corrected chi connectivity index (χ0v) is 12.7. The Bertz CT molecular complexity index is 839. The Balaban J connectivity index is 1.90. The van der Waals surface area contributed by atoms with Crippen molar-refractivity contribution >= 4 is 15.7 Å². The van der Waals surface area contributed by atoms with E-state index < -0.39 is 21.7 Å². The van der Waals surface area contributed by atoms with Crippen LogP contribution in [0.5, 0.6) is 11.5 Å². The second kappa shape index (κ2) is 6.04. The van der Waals surface area contributed by atoms with Gasteiger partial charge in [-0.1, -0.05) is 0 Å². The van der Waals surface area contributed by atoms with Gasteiger partial charge in [-0.2, -0.15) is 0 Å². The van der Waals surface area contributed by atoms with Gasteiger partial charge in [0.1, 0.15) is 0 Å². The Kier molecular flexibility index (Phi) is 4.08. The average molecular weight is 341 g/mol. The van der Waals surface area contributed by atoms with Gasteiger partial charge in [0.25, 0.3) is 10.0 Å². The monoisotopic (exact) mass is 341 g/mol. The molecular weight excluding hydrogens is 328 g/mol. The van der Waals surface area contributed by atoms with Gasteiger partial charge >= 0.3 is 0 Å². The minimum atomic E-state index is -3.96. The normalized spacial score (nSPS) is 14.2. The minimum Gasteiger partial charge on any atom is -0.490 e. The number of ether oxygens (including phenoxy) is 2.